The van der Waals surface area contributed by atoms with E-state index >= 15 is 0 Å². The molecule has 5 nitrogen and oxygen atoms in total. The number of nitrogens with one attached hydrogen (secondary N) is 3. The lowest BCUT2D eigenvalue weighted by atomic mass is 10.2. The second-order valence-electron chi connectivity index (χ2n) is 3.80. The van der Waals surface area contributed by atoms with E-state index in [1.807, 2.05) is 36.4 Å². The van der Waals surface area contributed by atoms with Crippen LogP contribution in [0.15, 0.2) is 41.2 Å². The molecule has 1 aromatic heterocycles. The number of benzene rings is 1. The van der Waals surface area contributed by atoms with Crippen molar-refractivity contribution in [3.63, 3.8) is 0 Å². The third-order valence-electron chi connectivity index (χ3n) is 2.40. The van der Waals surface area contributed by atoms with Crippen molar-refractivity contribution in [3.8, 4) is 6.07 Å². The van der Waals surface area contributed by atoms with Gasteiger partial charge in [0.05, 0.1) is 11.4 Å². The van der Waals surface area contributed by atoms with Gasteiger partial charge in [-0.25, -0.2) is 0 Å². The predicted octanol–water partition coefficient (Wildman–Crippen LogP) is 1.99. The molecule has 0 aliphatic rings. The summed E-state index contributed by atoms with van der Waals surface area (Å²) in [5, 5.41) is 8.95. The molecule has 0 aliphatic carbocycles. The van der Waals surface area contributed by atoms with Gasteiger partial charge in [0.25, 0.3) is 5.56 Å². The van der Waals surface area contributed by atoms with Gasteiger partial charge < -0.3 is 10.4 Å². The van der Waals surface area contributed by atoms with Crippen molar-refractivity contribution in [2.45, 2.75) is 6.92 Å². The second kappa shape index (κ2) is 5.06. The molecule has 0 aliphatic heterocycles. The number of nitriles is 1. The first-order chi connectivity index (χ1) is 8.70. The van der Waals surface area contributed by atoms with Crippen molar-refractivity contribution in [2.24, 2.45) is 0 Å². The smallest absolute Gasteiger partial charge is 0.268 e. The zero-order chi connectivity index (χ0) is 13.0. The van der Waals surface area contributed by atoms with E-state index in [0.717, 1.165) is 5.69 Å². The van der Waals surface area contributed by atoms with E-state index in [-0.39, 0.29) is 5.56 Å². The number of para-hydroxylation sites is 1. The van der Waals surface area contributed by atoms with Crippen molar-refractivity contribution in [1.82, 2.24) is 4.98 Å². The van der Waals surface area contributed by atoms with Crippen molar-refractivity contribution in [2.75, 3.05) is 10.9 Å². The van der Waals surface area contributed by atoms with Gasteiger partial charge in [0.1, 0.15) is 11.6 Å². The van der Waals surface area contributed by atoms with Crippen molar-refractivity contribution < 1.29 is 0 Å². The number of aryl methyl sites for hydroxylation is 1. The number of aromatic amines is 1. The molecule has 0 unspecified atom stereocenters. The van der Waals surface area contributed by atoms with E-state index < -0.39 is 5.56 Å². The summed E-state index contributed by atoms with van der Waals surface area (Å²) in [6.45, 7) is 1.76. The van der Waals surface area contributed by atoms with Crippen LogP contribution in [0.25, 0.3) is 0 Å². The lowest BCUT2D eigenvalue weighted by molar-refractivity contribution is 1.12. The molecule has 2 rings (SSSR count). The zero-order valence-corrected chi connectivity index (χ0v) is 9.82. The highest BCUT2D eigenvalue weighted by Gasteiger charge is 2.07. The number of hydrazine groups is 1. The summed E-state index contributed by atoms with van der Waals surface area (Å²) in [4.78, 5) is 14.1. The first kappa shape index (κ1) is 11.7. The fourth-order valence-electron chi connectivity index (χ4n) is 1.56. The normalized spacial score (nSPS) is 9.56. The summed E-state index contributed by atoms with van der Waals surface area (Å²) in [7, 11) is 0. The number of hydrogen-bond acceptors (Lipinski definition) is 4. The molecule has 3 N–H and O–H groups in total. The van der Waals surface area contributed by atoms with Crippen molar-refractivity contribution in [1.29, 1.82) is 5.26 Å². The van der Waals surface area contributed by atoms with Gasteiger partial charge in [-0.3, -0.25) is 10.2 Å². The van der Waals surface area contributed by atoms with E-state index in [0.29, 0.717) is 11.4 Å². The van der Waals surface area contributed by atoms with E-state index in [1.54, 1.807) is 13.0 Å². The molecule has 2 aromatic rings. The number of anilines is 2. The molecular weight excluding hydrogens is 228 g/mol. The maximum absolute atomic E-state index is 11.6. The number of hydrogen-bond donors (Lipinski definition) is 3. The number of pyridine rings is 1. The Hall–Kier alpha value is -2.74. The van der Waals surface area contributed by atoms with Crippen molar-refractivity contribution in [3.05, 3.63) is 58.0 Å². The van der Waals surface area contributed by atoms with Crippen LogP contribution in [0, 0.1) is 18.3 Å². The summed E-state index contributed by atoms with van der Waals surface area (Å²) in [5.74, 6) is 0. The van der Waals surface area contributed by atoms with Gasteiger partial charge in [-0.2, -0.15) is 5.26 Å². The number of nitrogens with zero attached hydrogens (tertiary/aromatic N) is 1. The minimum absolute atomic E-state index is 0.0593. The quantitative estimate of drug-likeness (QED) is 0.717. The molecule has 18 heavy (non-hydrogen) atoms. The standard InChI is InChI=1S/C13H12N4O/c1-9-7-12(11(8-14)13(18)15-9)17-16-10-5-3-2-4-6-10/h2-7,16H,1H3,(H2,15,17,18). The lowest BCUT2D eigenvalue weighted by Crippen LogP contribution is -2.18. The van der Waals surface area contributed by atoms with Crippen LogP contribution in [-0.2, 0) is 0 Å². The molecule has 1 heterocycles. The highest BCUT2D eigenvalue weighted by atomic mass is 16.1. The summed E-state index contributed by atoms with van der Waals surface area (Å²) in [5.41, 5.74) is 7.47. The largest absolute Gasteiger partial charge is 0.325 e. The Morgan fingerprint density at radius 2 is 1.94 bits per heavy atom. The first-order valence-electron chi connectivity index (χ1n) is 5.42. The molecule has 90 valence electrons. The Kier molecular flexibility index (Phi) is 3.30. The van der Waals surface area contributed by atoms with Crippen LogP contribution in [0.5, 0.6) is 0 Å². The van der Waals surface area contributed by atoms with Crippen LogP contribution in [0.2, 0.25) is 0 Å². The molecule has 0 saturated carbocycles. The van der Waals surface area contributed by atoms with Crippen LogP contribution in [0.1, 0.15) is 11.3 Å². The highest BCUT2D eigenvalue weighted by Crippen LogP contribution is 2.12. The first-order valence-corrected chi connectivity index (χ1v) is 5.42. The topological polar surface area (TPSA) is 80.7 Å². The zero-order valence-electron chi connectivity index (χ0n) is 9.82. The minimum Gasteiger partial charge on any atom is -0.325 e. The predicted molar refractivity (Wildman–Crippen MR) is 70.2 cm³/mol. The minimum atomic E-state index is -0.394. The Balaban J connectivity index is 2.25. The van der Waals surface area contributed by atoms with Gasteiger partial charge in [0.15, 0.2) is 0 Å². The fraction of sp³-hybridized carbons (Fsp3) is 0.0769. The summed E-state index contributed by atoms with van der Waals surface area (Å²) in [6.07, 6.45) is 0. The average Bonchev–Trinajstić information content (AvgIpc) is 2.37. The summed E-state index contributed by atoms with van der Waals surface area (Å²) in [6, 6.07) is 13.0. The van der Waals surface area contributed by atoms with E-state index in [1.165, 1.54) is 0 Å². The molecule has 0 radical (unpaired) electrons. The van der Waals surface area contributed by atoms with Crippen LogP contribution < -0.4 is 16.4 Å². The Labute approximate surface area is 104 Å². The fourth-order valence-corrected chi connectivity index (χ4v) is 1.56. The van der Waals surface area contributed by atoms with Crippen LogP contribution in [0.4, 0.5) is 11.4 Å². The number of H-pyrrole nitrogens is 1. The van der Waals surface area contributed by atoms with Crippen LogP contribution in [-0.4, -0.2) is 4.98 Å². The Morgan fingerprint density at radius 1 is 1.22 bits per heavy atom. The molecule has 0 saturated heterocycles. The van der Waals surface area contributed by atoms with E-state index in [2.05, 4.69) is 15.8 Å². The number of aromatic nitrogens is 1. The van der Waals surface area contributed by atoms with Gasteiger partial charge in [-0.1, -0.05) is 18.2 Å². The Bertz CT molecular complexity index is 640. The monoisotopic (exact) mass is 240 g/mol. The van der Waals surface area contributed by atoms with Gasteiger partial charge in [-0.15, -0.1) is 0 Å². The lowest BCUT2D eigenvalue weighted by Gasteiger charge is -2.11. The van der Waals surface area contributed by atoms with Gasteiger partial charge in [-0.05, 0) is 25.1 Å². The average molecular weight is 240 g/mol. The van der Waals surface area contributed by atoms with Gasteiger partial charge in [0, 0.05) is 5.69 Å². The molecular formula is C13H12N4O. The molecule has 1 aromatic carbocycles. The maximum Gasteiger partial charge on any atom is 0.268 e. The van der Waals surface area contributed by atoms with E-state index in [4.69, 9.17) is 5.26 Å². The number of rotatable bonds is 3. The third-order valence-corrected chi connectivity index (χ3v) is 2.40. The van der Waals surface area contributed by atoms with Gasteiger partial charge >= 0.3 is 0 Å². The van der Waals surface area contributed by atoms with Crippen LogP contribution >= 0.6 is 0 Å². The van der Waals surface area contributed by atoms with Crippen molar-refractivity contribution >= 4 is 11.4 Å². The SMILES string of the molecule is Cc1cc(NNc2ccccc2)c(C#N)c(=O)[nH]1. The summed E-state index contributed by atoms with van der Waals surface area (Å²) >= 11 is 0. The van der Waals surface area contributed by atoms with Gasteiger partial charge in [0.2, 0.25) is 0 Å². The molecule has 0 amide bonds. The molecule has 0 fully saturated rings. The molecule has 0 bridgehead atoms. The third kappa shape index (κ3) is 2.50. The highest BCUT2D eigenvalue weighted by molar-refractivity contribution is 5.60. The Morgan fingerprint density at radius 3 is 2.61 bits per heavy atom. The van der Waals surface area contributed by atoms with Crippen LogP contribution in [0.3, 0.4) is 0 Å². The summed E-state index contributed by atoms with van der Waals surface area (Å²) < 4.78 is 0. The maximum atomic E-state index is 11.6. The molecule has 0 spiro atoms. The second-order valence-corrected chi connectivity index (χ2v) is 3.80. The molecule has 5 heteroatoms. The van der Waals surface area contributed by atoms with E-state index in [9.17, 15) is 4.79 Å². The molecule has 0 atom stereocenters.